The molecule has 1 aromatic carbocycles. The summed E-state index contributed by atoms with van der Waals surface area (Å²) in [5.41, 5.74) is -1.58. The van der Waals surface area contributed by atoms with E-state index in [-0.39, 0.29) is 28.9 Å². The summed E-state index contributed by atoms with van der Waals surface area (Å²) in [7, 11) is 2.85. The highest BCUT2D eigenvalue weighted by molar-refractivity contribution is 5.84. The molecular weight excluding hydrogens is 375 g/mol. The van der Waals surface area contributed by atoms with Crippen LogP contribution in [0.3, 0.4) is 0 Å². The van der Waals surface area contributed by atoms with Gasteiger partial charge < -0.3 is 4.74 Å². The number of aliphatic imine (C=N–C) groups is 1. The molecule has 28 heavy (non-hydrogen) atoms. The van der Waals surface area contributed by atoms with E-state index >= 15 is 0 Å². The van der Waals surface area contributed by atoms with Crippen molar-refractivity contribution in [1.29, 1.82) is 0 Å². The van der Waals surface area contributed by atoms with Crippen molar-refractivity contribution in [3.63, 3.8) is 0 Å². The van der Waals surface area contributed by atoms with Crippen molar-refractivity contribution >= 4 is 11.7 Å². The van der Waals surface area contributed by atoms with Gasteiger partial charge in [-0.3, -0.25) is 13.9 Å². The SMILES string of the molecule is Cc1c(/N=C(/Oc2cccc(C(F)(F)F)c2)C2CCC2)n(C)c(=O)n(C)c1=O. The topological polar surface area (TPSA) is 65.6 Å². The van der Waals surface area contributed by atoms with E-state index < -0.39 is 23.0 Å². The molecule has 1 aliphatic rings. The van der Waals surface area contributed by atoms with Crippen LogP contribution in [-0.2, 0) is 20.3 Å². The maximum atomic E-state index is 13.0. The zero-order valence-electron chi connectivity index (χ0n) is 15.7. The van der Waals surface area contributed by atoms with Crippen molar-refractivity contribution < 1.29 is 17.9 Å². The second-order valence-electron chi connectivity index (χ2n) is 6.86. The van der Waals surface area contributed by atoms with Gasteiger partial charge in [0.25, 0.3) is 5.56 Å². The molecule has 6 nitrogen and oxygen atoms in total. The summed E-state index contributed by atoms with van der Waals surface area (Å²) in [5, 5.41) is 0. The van der Waals surface area contributed by atoms with Gasteiger partial charge in [-0.15, -0.1) is 0 Å². The lowest BCUT2D eigenvalue weighted by Crippen LogP contribution is -2.38. The van der Waals surface area contributed by atoms with Gasteiger partial charge in [-0.2, -0.15) is 18.2 Å². The number of halogens is 3. The van der Waals surface area contributed by atoms with Gasteiger partial charge in [0.15, 0.2) is 5.90 Å². The fourth-order valence-corrected chi connectivity index (χ4v) is 2.97. The van der Waals surface area contributed by atoms with Crippen LogP contribution in [0.25, 0.3) is 0 Å². The van der Waals surface area contributed by atoms with E-state index in [1.54, 1.807) is 6.92 Å². The molecule has 1 aromatic heterocycles. The standard InChI is InChI=1S/C19H20F3N3O3/c1-11-15(24(2)18(27)25(3)17(11)26)23-16(12-6-4-7-12)28-14-9-5-8-13(10-14)19(20,21)22/h5,8-10,12H,4,6-7H2,1-3H3/b23-16+. The first kappa shape index (κ1) is 19.9. The number of hydrogen-bond acceptors (Lipinski definition) is 4. The Kier molecular flexibility index (Phi) is 5.18. The van der Waals surface area contributed by atoms with Gasteiger partial charge in [-0.1, -0.05) is 12.5 Å². The average Bonchev–Trinajstić information content (AvgIpc) is 2.60. The molecule has 0 saturated heterocycles. The third-order valence-corrected chi connectivity index (χ3v) is 4.91. The van der Waals surface area contributed by atoms with Crippen LogP contribution in [0, 0.1) is 12.8 Å². The fourth-order valence-electron chi connectivity index (χ4n) is 2.97. The average molecular weight is 395 g/mol. The largest absolute Gasteiger partial charge is 0.443 e. The molecule has 1 saturated carbocycles. The van der Waals surface area contributed by atoms with E-state index in [1.165, 1.54) is 30.8 Å². The van der Waals surface area contributed by atoms with Gasteiger partial charge in [0.2, 0.25) is 0 Å². The Morgan fingerprint density at radius 1 is 1.18 bits per heavy atom. The predicted molar refractivity (Wildman–Crippen MR) is 98.2 cm³/mol. The Morgan fingerprint density at radius 3 is 2.43 bits per heavy atom. The third-order valence-electron chi connectivity index (χ3n) is 4.91. The minimum absolute atomic E-state index is 0.00645. The van der Waals surface area contributed by atoms with Gasteiger partial charge in [-0.05, 0) is 38.0 Å². The Bertz CT molecular complexity index is 1010. The van der Waals surface area contributed by atoms with Crippen LogP contribution in [-0.4, -0.2) is 15.0 Å². The number of alkyl halides is 3. The first-order valence-corrected chi connectivity index (χ1v) is 8.80. The van der Waals surface area contributed by atoms with Gasteiger partial charge >= 0.3 is 11.9 Å². The summed E-state index contributed by atoms with van der Waals surface area (Å²) >= 11 is 0. The van der Waals surface area contributed by atoms with Crippen molar-refractivity contribution in [3.8, 4) is 5.75 Å². The summed E-state index contributed by atoms with van der Waals surface area (Å²) in [6.07, 6.45) is -1.99. The van der Waals surface area contributed by atoms with Crippen LogP contribution >= 0.6 is 0 Å². The maximum absolute atomic E-state index is 13.0. The van der Waals surface area contributed by atoms with Crippen molar-refractivity contribution in [2.75, 3.05) is 0 Å². The Hall–Kier alpha value is -2.84. The van der Waals surface area contributed by atoms with Crippen LogP contribution in [0.5, 0.6) is 5.75 Å². The van der Waals surface area contributed by atoms with Gasteiger partial charge in [0, 0.05) is 20.0 Å². The zero-order valence-corrected chi connectivity index (χ0v) is 15.7. The van der Waals surface area contributed by atoms with E-state index in [2.05, 4.69) is 4.99 Å². The number of hydrogen-bond donors (Lipinski definition) is 0. The van der Waals surface area contributed by atoms with Crippen molar-refractivity contribution in [1.82, 2.24) is 9.13 Å². The van der Waals surface area contributed by atoms with Crippen LogP contribution in [0.15, 0.2) is 38.8 Å². The molecule has 9 heteroatoms. The van der Waals surface area contributed by atoms with E-state index in [1.807, 2.05) is 0 Å². The predicted octanol–water partition coefficient (Wildman–Crippen LogP) is 3.32. The zero-order chi connectivity index (χ0) is 20.6. The highest BCUT2D eigenvalue weighted by atomic mass is 19.4. The third kappa shape index (κ3) is 3.74. The highest BCUT2D eigenvalue weighted by Crippen LogP contribution is 2.34. The lowest BCUT2D eigenvalue weighted by Gasteiger charge is -2.27. The quantitative estimate of drug-likeness (QED) is 0.592. The molecule has 1 heterocycles. The van der Waals surface area contributed by atoms with E-state index in [0.29, 0.717) is 0 Å². The number of ether oxygens (including phenoxy) is 1. The van der Waals surface area contributed by atoms with E-state index in [9.17, 15) is 22.8 Å². The molecule has 0 N–H and O–H groups in total. The molecule has 2 aromatic rings. The molecule has 0 radical (unpaired) electrons. The van der Waals surface area contributed by atoms with Crippen molar-refractivity contribution in [3.05, 3.63) is 56.2 Å². The van der Waals surface area contributed by atoms with E-state index in [4.69, 9.17) is 4.74 Å². The van der Waals surface area contributed by atoms with Crippen LogP contribution in [0.4, 0.5) is 19.0 Å². The molecule has 0 bridgehead atoms. The lowest BCUT2D eigenvalue weighted by atomic mass is 9.85. The summed E-state index contributed by atoms with van der Waals surface area (Å²) < 4.78 is 46.8. The van der Waals surface area contributed by atoms with Gasteiger partial charge in [-0.25, -0.2) is 4.79 Å². The molecule has 1 aliphatic carbocycles. The maximum Gasteiger partial charge on any atom is 0.416 e. The first-order chi connectivity index (χ1) is 13.1. The number of nitrogens with zero attached hydrogens (tertiary/aromatic N) is 3. The number of benzene rings is 1. The van der Waals surface area contributed by atoms with Crippen LogP contribution < -0.4 is 16.0 Å². The minimum atomic E-state index is -4.49. The molecule has 0 atom stereocenters. The first-order valence-electron chi connectivity index (χ1n) is 8.80. The molecule has 0 amide bonds. The molecule has 1 fully saturated rings. The van der Waals surface area contributed by atoms with Crippen LogP contribution in [0.1, 0.15) is 30.4 Å². The Balaban J connectivity index is 2.06. The molecule has 0 aliphatic heterocycles. The van der Waals surface area contributed by atoms with Crippen molar-refractivity contribution in [2.45, 2.75) is 32.4 Å². The normalized spacial score (nSPS) is 15.4. The fraction of sp³-hybridized carbons (Fsp3) is 0.421. The monoisotopic (exact) mass is 395 g/mol. The van der Waals surface area contributed by atoms with Crippen molar-refractivity contribution in [2.24, 2.45) is 25.0 Å². The van der Waals surface area contributed by atoms with Gasteiger partial charge in [0.05, 0.1) is 11.1 Å². The minimum Gasteiger partial charge on any atom is -0.443 e. The summed E-state index contributed by atoms with van der Waals surface area (Å²) in [6, 6.07) is 4.54. The smallest absolute Gasteiger partial charge is 0.416 e. The lowest BCUT2D eigenvalue weighted by molar-refractivity contribution is -0.137. The molecule has 150 valence electrons. The molecular formula is C19H20F3N3O3. The van der Waals surface area contributed by atoms with Crippen LogP contribution in [0.2, 0.25) is 0 Å². The molecule has 3 rings (SSSR count). The Labute approximate surface area is 158 Å². The Morgan fingerprint density at radius 2 is 1.86 bits per heavy atom. The number of aromatic nitrogens is 2. The summed E-state index contributed by atoms with van der Waals surface area (Å²) in [4.78, 5) is 28.8. The summed E-state index contributed by atoms with van der Waals surface area (Å²) in [5.74, 6) is 0.277. The molecule has 0 spiro atoms. The second kappa shape index (κ2) is 7.29. The second-order valence-corrected chi connectivity index (χ2v) is 6.86. The summed E-state index contributed by atoms with van der Waals surface area (Å²) in [6.45, 7) is 1.54. The highest BCUT2D eigenvalue weighted by Gasteiger charge is 2.31. The molecule has 0 unspecified atom stereocenters. The van der Waals surface area contributed by atoms with E-state index in [0.717, 1.165) is 36.0 Å². The number of rotatable bonds is 3. The van der Waals surface area contributed by atoms with Gasteiger partial charge in [0.1, 0.15) is 11.6 Å².